The minimum absolute atomic E-state index is 0.108. The second-order valence-corrected chi connectivity index (χ2v) is 5.88. The SMILES string of the molecule is Nc1c(Nc2nc3c(s2)CCCC3)cccc1C(=O)O. The maximum atomic E-state index is 11.1. The molecule has 1 aromatic carbocycles. The number of hydrogen-bond donors (Lipinski definition) is 3. The molecule has 4 N–H and O–H groups in total. The van der Waals surface area contributed by atoms with Crippen LogP contribution in [0.4, 0.5) is 16.5 Å². The molecular formula is C14H15N3O2S. The van der Waals surface area contributed by atoms with E-state index < -0.39 is 5.97 Å². The largest absolute Gasteiger partial charge is 0.478 e. The van der Waals surface area contributed by atoms with E-state index in [0.717, 1.165) is 23.7 Å². The number of fused-ring (bicyclic) bond motifs is 1. The number of nitrogen functional groups attached to an aromatic ring is 1. The van der Waals surface area contributed by atoms with Crippen molar-refractivity contribution in [1.29, 1.82) is 0 Å². The predicted molar refractivity (Wildman–Crippen MR) is 79.9 cm³/mol. The Balaban J connectivity index is 1.89. The summed E-state index contributed by atoms with van der Waals surface area (Å²) in [6.07, 6.45) is 4.51. The molecule has 0 aliphatic heterocycles. The maximum absolute atomic E-state index is 11.1. The normalized spacial score (nSPS) is 13.8. The molecule has 0 amide bonds. The smallest absolute Gasteiger partial charge is 0.337 e. The number of carboxylic acids is 1. The third-order valence-corrected chi connectivity index (χ3v) is 4.50. The molecule has 0 unspecified atom stereocenters. The molecule has 2 aromatic rings. The highest BCUT2D eigenvalue weighted by Crippen LogP contribution is 2.33. The number of thiazole rings is 1. The fourth-order valence-corrected chi connectivity index (χ4v) is 3.44. The first-order valence-electron chi connectivity index (χ1n) is 6.52. The van der Waals surface area contributed by atoms with E-state index in [9.17, 15) is 4.79 Å². The molecule has 3 rings (SSSR count). The van der Waals surface area contributed by atoms with Gasteiger partial charge in [0.05, 0.1) is 22.6 Å². The molecule has 0 fully saturated rings. The number of aromatic nitrogens is 1. The van der Waals surface area contributed by atoms with Crippen LogP contribution in [0.25, 0.3) is 0 Å². The van der Waals surface area contributed by atoms with Crippen molar-refractivity contribution in [2.75, 3.05) is 11.1 Å². The zero-order chi connectivity index (χ0) is 14.1. The Morgan fingerprint density at radius 1 is 1.35 bits per heavy atom. The minimum Gasteiger partial charge on any atom is -0.478 e. The van der Waals surface area contributed by atoms with Gasteiger partial charge in [0.25, 0.3) is 0 Å². The van der Waals surface area contributed by atoms with Crippen molar-refractivity contribution >= 4 is 33.8 Å². The number of para-hydroxylation sites is 1. The summed E-state index contributed by atoms with van der Waals surface area (Å²) in [5.41, 5.74) is 8.00. The van der Waals surface area contributed by atoms with Crippen molar-refractivity contribution in [3.05, 3.63) is 34.3 Å². The minimum atomic E-state index is -1.02. The Labute approximate surface area is 120 Å². The average Bonchev–Trinajstić information content (AvgIpc) is 2.83. The van der Waals surface area contributed by atoms with Gasteiger partial charge in [-0.05, 0) is 37.8 Å². The number of rotatable bonds is 3. The lowest BCUT2D eigenvalue weighted by Crippen LogP contribution is -2.05. The van der Waals surface area contributed by atoms with Crippen LogP contribution in [0.5, 0.6) is 0 Å². The Morgan fingerprint density at radius 3 is 2.90 bits per heavy atom. The first-order valence-corrected chi connectivity index (χ1v) is 7.34. The van der Waals surface area contributed by atoms with Crippen molar-refractivity contribution in [2.45, 2.75) is 25.7 Å². The molecule has 0 radical (unpaired) electrons. The number of nitrogens with zero attached hydrogens (tertiary/aromatic N) is 1. The number of anilines is 3. The molecule has 0 saturated carbocycles. The van der Waals surface area contributed by atoms with Gasteiger partial charge in [0.15, 0.2) is 5.13 Å². The van der Waals surface area contributed by atoms with E-state index in [1.165, 1.54) is 23.8 Å². The van der Waals surface area contributed by atoms with Crippen LogP contribution in [0.15, 0.2) is 18.2 Å². The Morgan fingerprint density at radius 2 is 2.15 bits per heavy atom. The Bertz CT molecular complexity index is 643. The molecule has 0 atom stereocenters. The van der Waals surface area contributed by atoms with Gasteiger partial charge in [-0.25, -0.2) is 9.78 Å². The molecule has 104 valence electrons. The summed E-state index contributed by atoms with van der Waals surface area (Å²) in [4.78, 5) is 17.0. The number of benzene rings is 1. The van der Waals surface area contributed by atoms with Gasteiger partial charge in [-0.1, -0.05) is 6.07 Å². The fourth-order valence-electron chi connectivity index (χ4n) is 2.38. The fraction of sp³-hybridized carbons (Fsp3) is 0.286. The van der Waals surface area contributed by atoms with E-state index in [1.807, 2.05) is 0 Å². The van der Waals surface area contributed by atoms with E-state index in [0.29, 0.717) is 5.69 Å². The molecule has 0 saturated heterocycles. The number of aromatic carboxylic acids is 1. The van der Waals surface area contributed by atoms with Gasteiger partial charge in [-0.3, -0.25) is 0 Å². The topological polar surface area (TPSA) is 88.2 Å². The Kier molecular flexibility index (Phi) is 3.31. The van der Waals surface area contributed by atoms with Gasteiger partial charge in [-0.15, -0.1) is 11.3 Å². The number of carboxylic acid groups (broad SMARTS) is 1. The average molecular weight is 289 g/mol. The lowest BCUT2D eigenvalue weighted by atomic mass is 10.0. The van der Waals surface area contributed by atoms with Gasteiger partial charge >= 0.3 is 5.97 Å². The number of hydrogen-bond acceptors (Lipinski definition) is 5. The van der Waals surface area contributed by atoms with Gasteiger partial charge in [0.1, 0.15) is 0 Å². The zero-order valence-corrected chi connectivity index (χ0v) is 11.7. The first kappa shape index (κ1) is 12.9. The van der Waals surface area contributed by atoms with E-state index in [-0.39, 0.29) is 11.3 Å². The maximum Gasteiger partial charge on any atom is 0.337 e. The third-order valence-electron chi connectivity index (χ3n) is 3.42. The highest BCUT2D eigenvalue weighted by atomic mass is 32.1. The monoisotopic (exact) mass is 289 g/mol. The van der Waals surface area contributed by atoms with Crippen molar-refractivity contribution in [1.82, 2.24) is 4.98 Å². The second-order valence-electron chi connectivity index (χ2n) is 4.79. The summed E-state index contributed by atoms with van der Waals surface area (Å²) in [6.45, 7) is 0. The van der Waals surface area contributed by atoms with Gasteiger partial charge < -0.3 is 16.2 Å². The predicted octanol–water partition coefficient (Wildman–Crippen LogP) is 3.05. The van der Waals surface area contributed by atoms with Crippen LogP contribution in [0.2, 0.25) is 0 Å². The zero-order valence-electron chi connectivity index (χ0n) is 10.8. The highest BCUT2D eigenvalue weighted by Gasteiger charge is 2.16. The van der Waals surface area contributed by atoms with E-state index in [4.69, 9.17) is 10.8 Å². The highest BCUT2D eigenvalue weighted by molar-refractivity contribution is 7.15. The van der Waals surface area contributed by atoms with Gasteiger partial charge in [0, 0.05) is 4.88 Å². The molecule has 0 bridgehead atoms. The quantitative estimate of drug-likeness (QED) is 0.756. The van der Waals surface area contributed by atoms with Gasteiger partial charge in [0.2, 0.25) is 0 Å². The van der Waals surface area contributed by atoms with Crippen LogP contribution < -0.4 is 11.1 Å². The molecule has 20 heavy (non-hydrogen) atoms. The van der Waals surface area contributed by atoms with E-state index in [2.05, 4.69) is 10.3 Å². The molecule has 1 aliphatic rings. The summed E-state index contributed by atoms with van der Waals surface area (Å²) in [6, 6.07) is 4.94. The second kappa shape index (κ2) is 5.13. The molecule has 5 nitrogen and oxygen atoms in total. The summed E-state index contributed by atoms with van der Waals surface area (Å²) in [5.74, 6) is -1.02. The molecule has 6 heteroatoms. The molecule has 1 aliphatic carbocycles. The van der Waals surface area contributed by atoms with Crippen molar-refractivity contribution in [3.8, 4) is 0 Å². The molecule has 1 heterocycles. The van der Waals surface area contributed by atoms with Crippen molar-refractivity contribution in [3.63, 3.8) is 0 Å². The lowest BCUT2D eigenvalue weighted by Gasteiger charge is -2.08. The summed E-state index contributed by atoms with van der Waals surface area (Å²) in [7, 11) is 0. The van der Waals surface area contributed by atoms with E-state index >= 15 is 0 Å². The van der Waals surface area contributed by atoms with E-state index in [1.54, 1.807) is 23.5 Å². The number of nitrogens with two attached hydrogens (primary N) is 1. The summed E-state index contributed by atoms with van der Waals surface area (Å²) >= 11 is 1.63. The van der Waals surface area contributed by atoms with Crippen LogP contribution in [-0.2, 0) is 12.8 Å². The first-order chi connectivity index (χ1) is 9.65. The molecular weight excluding hydrogens is 274 g/mol. The van der Waals surface area contributed by atoms with Crippen LogP contribution >= 0.6 is 11.3 Å². The van der Waals surface area contributed by atoms with Crippen LogP contribution in [-0.4, -0.2) is 16.1 Å². The number of aryl methyl sites for hydroxylation is 2. The third kappa shape index (κ3) is 2.34. The van der Waals surface area contributed by atoms with Gasteiger partial charge in [-0.2, -0.15) is 0 Å². The summed E-state index contributed by atoms with van der Waals surface area (Å²) in [5, 5.41) is 13.0. The number of carbonyl (C=O) groups is 1. The Hall–Kier alpha value is -2.08. The number of nitrogens with one attached hydrogen (secondary N) is 1. The van der Waals surface area contributed by atoms with Crippen molar-refractivity contribution < 1.29 is 9.90 Å². The van der Waals surface area contributed by atoms with Crippen LogP contribution in [0.3, 0.4) is 0 Å². The van der Waals surface area contributed by atoms with Crippen molar-refractivity contribution in [2.24, 2.45) is 0 Å². The molecule has 0 spiro atoms. The summed E-state index contributed by atoms with van der Waals surface area (Å²) < 4.78 is 0. The van der Waals surface area contributed by atoms with Crippen LogP contribution in [0, 0.1) is 0 Å². The van der Waals surface area contributed by atoms with Crippen LogP contribution in [0.1, 0.15) is 33.8 Å². The molecule has 1 aromatic heterocycles. The standard InChI is InChI=1S/C14H15N3O2S/c15-12-8(13(18)19)4-3-6-10(12)17-14-16-9-5-1-2-7-11(9)20-14/h3-4,6H,1-2,5,7,15H2,(H,16,17)(H,18,19). The lowest BCUT2D eigenvalue weighted by molar-refractivity contribution is 0.0698.